The van der Waals surface area contributed by atoms with Crippen LogP contribution in [0.25, 0.3) is 0 Å². The second kappa shape index (κ2) is 3.71. The van der Waals surface area contributed by atoms with Gasteiger partial charge in [-0.2, -0.15) is 0 Å². The van der Waals surface area contributed by atoms with Crippen LogP contribution < -0.4 is 4.74 Å². The third-order valence-corrected chi connectivity index (χ3v) is 1.37. The van der Waals surface area contributed by atoms with Crippen LogP contribution in [-0.4, -0.2) is 25.1 Å². The molecule has 4 heteroatoms. The molecule has 0 aliphatic rings. The average molecular weight is 166 g/mol. The summed E-state index contributed by atoms with van der Waals surface area (Å²) in [6.07, 6.45) is 0. The molecule has 0 radical (unpaired) electrons. The Morgan fingerprint density at radius 1 is 1.42 bits per heavy atom. The molecule has 1 aromatic rings. The Hall–Kier alpha value is -1.58. The van der Waals surface area contributed by atoms with E-state index in [1.54, 1.807) is 18.2 Å². The van der Waals surface area contributed by atoms with Crippen molar-refractivity contribution in [3.05, 3.63) is 23.9 Å². The minimum absolute atomic E-state index is 0.0360. The molecule has 0 unspecified atom stereocenters. The van der Waals surface area contributed by atoms with E-state index >= 15 is 0 Å². The van der Waals surface area contributed by atoms with E-state index < -0.39 is 0 Å². The average Bonchev–Trinajstić information content (AvgIpc) is 2.17. The maximum Gasteiger partial charge on any atom is 0.232 e. The molecule has 1 N–H and O–H groups in total. The number of hydrogen-bond acceptors (Lipinski definition) is 4. The number of nitrogens with zero attached hydrogens (tertiary/aromatic N) is 1. The molecule has 64 valence electrons. The number of hydrogen-bond donors (Lipinski definition) is 1. The molecule has 0 bridgehead atoms. The van der Waals surface area contributed by atoms with E-state index in [0.29, 0.717) is 11.6 Å². The quantitative estimate of drug-likeness (QED) is 0.528. The second-order valence-electron chi connectivity index (χ2n) is 2.10. The summed E-state index contributed by atoms with van der Waals surface area (Å²) in [5.74, 6) is 0.517. The number of aromatic nitrogens is 1. The largest absolute Gasteiger partial charge is 0.481 e. The second-order valence-corrected chi connectivity index (χ2v) is 2.10. The summed E-state index contributed by atoms with van der Waals surface area (Å²) >= 11 is 0. The van der Waals surface area contributed by atoms with Gasteiger partial charge in [-0.3, -0.25) is 5.41 Å². The maximum absolute atomic E-state index is 7.31. The summed E-state index contributed by atoms with van der Waals surface area (Å²) in [7, 11) is 2.96. The zero-order valence-corrected chi connectivity index (χ0v) is 7.00. The number of pyridine rings is 1. The molecule has 0 atom stereocenters. The number of ether oxygens (including phenoxy) is 2. The first-order valence-electron chi connectivity index (χ1n) is 3.42. The van der Waals surface area contributed by atoms with Crippen molar-refractivity contribution in [1.29, 1.82) is 5.41 Å². The van der Waals surface area contributed by atoms with E-state index in [-0.39, 0.29) is 5.90 Å². The SMILES string of the molecule is COC(=N)c1cccc(OC)n1. The highest BCUT2D eigenvalue weighted by Crippen LogP contribution is 2.06. The van der Waals surface area contributed by atoms with Crippen LogP contribution in [0, 0.1) is 5.41 Å². The van der Waals surface area contributed by atoms with E-state index in [1.165, 1.54) is 14.2 Å². The third kappa shape index (κ3) is 1.72. The van der Waals surface area contributed by atoms with Crippen LogP contribution in [0.2, 0.25) is 0 Å². The van der Waals surface area contributed by atoms with Crippen LogP contribution in [-0.2, 0) is 4.74 Å². The van der Waals surface area contributed by atoms with Crippen molar-refractivity contribution in [3.8, 4) is 5.88 Å². The first-order chi connectivity index (χ1) is 5.77. The van der Waals surface area contributed by atoms with Crippen molar-refractivity contribution in [3.63, 3.8) is 0 Å². The molecule has 0 saturated heterocycles. The van der Waals surface area contributed by atoms with Crippen molar-refractivity contribution in [2.45, 2.75) is 0 Å². The summed E-state index contributed by atoms with van der Waals surface area (Å²) in [5, 5.41) is 7.31. The fourth-order valence-electron chi connectivity index (χ4n) is 0.760. The van der Waals surface area contributed by atoms with E-state index in [2.05, 4.69) is 4.98 Å². The molecule has 0 fully saturated rings. The standard InChI is InChI=1S/C8H10N2O2/c1-11-7-5-3-4-6(10-7)8(9)12-2/h3-5,9H,1-2H3. The van der Waals surface area contributed by atoms with Crippen LogP contribution in [0.1, 0.15) is 5.69 Å². The lowest BCUT2D eigenvalue weighted by Crippen LogP contribution is -2.04. The van der Waals surface area contributed by atoms with Crippen molar-refractivity contribution >= 4 is 5.90 Å². The minimum atomic E-state index is 0.0360. The zero-order valence-electron chi connectivity index (χ0n) is 7.00. The third-order valence-electron chi connectivity index (χ3n) is 1.37. The van der Waals surface area contributed by atoms with Gasteiger partial charge < -0.3 is 9.47 Å². The topological polar surface area (TPSA) is 55.2 Å². The highest BCUT2D eigenvalue weighted by molar-refractivity contribution is 5.89. The van der Waals surface area contributed by atoms with E-state index in [4.69, 9.17) is 14.9 Å². The van der Waals surface area contributed by atoms with Crippen LogP contribution in [0.4, 0.5) is 0 Å². The van der Waals surface area contributed by atoms with Gasteiger partial charge >= 0.3 is 0 Å². The van der Waals surface area contributed by atoms with Crippen molar-refractivity contribution in [1.82, 2.24) is 4.98 Å². The first kappa shape index (κ1) is 8.52. The maximum atomic E-state index is 7.31. The molecule has 1 rings (SSSR count). The molecule has 0 aliphatic carbocycles. The van der Waals surface area contributed by atoms with Gasteiger partial charge in [0.1, 0.15) is 5.69 Å². The van der Waals surface area contributed by atoms with E-state index in [9.17, 15) is 0 Å². The minimum Gasteiger partial charge on any atom is -0.481 e. The summed E-state index contributed by atoms with van der Waals surface area (Å²) < 4.78 is 9.59. The molecule has 0 aromatic carbocycles. The monoisotopic (exact) mass is 166 g/mol. The Kier molecular flexibility index (Phi) is 2.63. The van der Waals surface area contributed by atoms with Crippen LogP contribution in [0.5, 0.6) is 5.88 Å². The van der Waals surface area contributed by atoms with Crippen LogP contribution in [0.15, 0.2) is 18.2 Å². The van der Waals surface area contributed by atoms with Gasteiger partial charge in [0, 0.05) is 6.07 Å². The molecule has 0 spiro atoms. The number of rotatable bonds is 2. The highest BCUT2D eigenvalue weighted by Gasteiger charge is 2.02. The summed E-state index contributed by atoms with van der Waals surface area (Å²) in [6.45, 7) is 0. The van der Waals surface area contributed by atoms with Gasteiger partial charge in [0.2, 0.25) is 11.8 Å². The van der Waals surface area contributed by atoms with E-state index in [0.717, 1.165) is 0 Å². The van der Waals surface area contributed by atoms with Gasteiger partial charge in [-0.05, 0) is 6.07 Å². The van der Waals surface area contributed by atoms with Gasteiger partial charge in [0.05, 0.1) is 14.2 Å². The van der Waals surface area contributed by atoms with Gasteiger partial charge in [-0.25, -0.2) is 4.98 Å². The molecule has 0 amide bonds. The Balaban J connectivity index is 2.93. The Bertz CT molecular complexity index is 286. The van der Waals surface area contributed by atoms with Gasteiger partial charge in [0.15, 0.2) is 0 Å². The molecule has 0 aliphatic heterocycles. The number of methoxy groups -OCH3 is 2. The molecule has 12 heavy (non-hydrogen) atoms. The van der Waals surface area contributed by atoms with Gasteiger partial charge in [0.25, 0.3) is 0 Å². The van der Waals surface area contributed by atoms with Gasteiger partial charge in [-0.15, -0.1) is 0 Å². The summed E-state index contributed by atoms with van der Waals surface area (Å²) in [6, 6.07) is 5.16. The number of nitrogens with one attached hydrogen (secondary N) is 1. The van der Waals surface area contributed by atoms with Crippen LogP contribution >= 0.6 is 0 Å². The predicted octanol–water partition coefficient (Wildman–Crippen LogP) is 1.06. The molecule has 1 heterocycles. The molecular weight excluding hydrogens is 156 g/mol. The zero-order chi connectivity index (χ0) is 8.97. The summed E-state index contributed by atoms with van der Waals surface area (Å²) in [5.41, 5.74) is 0.469. The highest BCUT2D eigenvalue weighted by atomic mass is 16.5. The molecule has 4 nitrogen and oxygen atoms in total. The normalized spacial score (nSPS) is 9.17. The Labute approximate surface area is 70.7 Å². The van der Waals surface area contributed by atoms with Gasteiger partial charge in [-0.1, -0.05) is 6.07 Å². The lowest BCUT2D eigenvalue weighted by molar-refractivity contribution is 0.387. The fraction of sp³-hybridized carbons (Fsp3) is 0.250. The summed E-state index contributed by atoms with van der Waals surface area (Å²) in [4.78, 5) is 3.99. The smallest absolute Gasteiger partial charge is 0.232 e. The first-order valence-corrected chi connectivity index (χ1v) is 3.42. The van der Waals surface area contributed by atoms with Crippen molar-refractivity contribution in [2.24, 2.45) is 0 Å². The lowest BCUT2D eigenvalue weighted by Gasteiger charge is -2.02. The van der Waals surface area contributed by atoms with Crippen LogP contribution in [0.3, 0.4) is 0 Å². The Morgan fingerprint density at radius 2 is 2.17 bits per heavy atom. The fourth-order valence-corrected chi connectivity index (χ4v) is 0.760. The predicted molar refractivity (Wildman–Crippen MR) is 44.6 cm³/mol. The Morgan fingerprint density at radius 3 is 2.75 bits per heavy atom. The lowest BCUT2D eigenvalue weighted by atomic mass is 10.3. The van der Waals surface area contributed by atoms with Crippen molar-refractivity contribution in [2.75, 3.05) is 14.2 Å². The molecular formula is C8H10N2O2. The van der Waals surface area contributed by atoms with Crippen molar-refractivity contribution < 1.29 is 9.47 Å². The molecule has 1 aromatic heterocycles. The molecule has 0 saturated carbocycles. The van der Waals surface area contributed by atoms with E-state index in [1.807, 2.05) is 0 Å².